The van der Waals surface area contributed by atoms with E-state index >= 15 is 0 Å². The minimum Gasteiger partial charge on any atom is -0.295 e. The van der Waals surface area contributed by atoms with Crippen molar-refractivity contribution in [1.29, 1.82) is 0 Å². The van der Waals surface area contributed by atoms with Gasteiger partial charge < -0.3 is 0 Å². The molecular weight excluding hydrogens is 268 g/mol. The van der Waals surface area contributed by atoms with Crippen molar-refractivity contribution in [1.82, 2.24) is 0 Å². The minimum atomic E-state index is 0.0862. The lowest BCUT2D eigenvalue weighted by atomic mass is 9.95. The number of carbonyl (C=O) groups is 1. The molecule has 0 N–H and O–H groups in total. The van der Waals surface area contributed by atoms with Gasteiger partial charge in [-0.1, -0.05) is 82.8 Å². The van der Waals surface area contributed by atoms with Crippen LogP contribution in [-0.2, 0) is 0 Å². The highest BCUT2D eigenvalue weighted by atomic mass is 16.1. The van der Waals surface area contributed by atoms with E-state index in [2.05, 4.69) is 25.6 Å². The number of benzene rings is 2. The van der Waals surface area contributed by atoms with Gasteiger partial charge in [0.05, 0.1) is 0 Å². The van der Waals surface area contributed by atoms with Gasteiger partial charge in [-0.25, -0.2) is 0 Å². The molecule has 0 aromatic heterocycles. The highest BCUT2D eigenvalue weighted by Crippen LogP contribution is 2.24. The maximum absolute atomic E-state index is 11.2. The monoisotopic (exact) mass is 296 g/mol. The van der Waals surface area contributed by atoms with Crippen LogP contribution in [0.1, 0.15) is 61.7 Å². The molecule has 1 heteroatoms. The lowest BCUT2D eigenvalue weighted by Crippen LogP contribution is -1.93. The van der Waals surface area contributed by atoms with Crippen molar-refractivity contribution in [3.63, 3.8) is 0 Å². The summed E-state index contributed by atoms with van der Waals surface area (Å²) in [6.07, 6.45) is 0. The number of aryl methyl sites for hydroxylation is 1. The number of hydrogen-bond donors (Lipinski definition) is 0. The highest BCUT2D eigenvalue weighted by molar-refractivity contribution is 5.94. The van der Waals surface area contributed by atoms with Crippen molar-refractivity contribution in [2.24, 2.45) is 0 Å². The first-order valence-electron chi connectivity index (χ1n) is 7.96. The molecule has 0 aliphatic rings. The molecule has 22 heavy (non-hydrogen) atoms. The lowest BCUT2D eigenvalue weighted by Gasteiger charge is -2.09. The predicted octanol–water partition coefficient (Wildman–Crippen LogP) is 6.31. The maximum Gasteiger partial charge on any atom is 0.159 e. The van der Waals surface area contributed by atoms with Crippen molar-refractivity contribution in [2.75, 3.05) is 0 Å². The molecule has 0 atom stereocenters. The Morgan fingerprint density at radius 2 is 1.27 bits per heavy atom. The van der Waals surface area contributed by atoms with Gasteiger partial charge in [0.25, 0.3) is 0 Å². The first-order valence-corrected chi connectivity index (χ1v) is 7.96. The number of carbonyl (C=O) groups excluding carboxylic acids is 1. The van der Waals surface area contributed by atoms with Gasteiger partial charge >= 0.3 is 0 Å². The topological polar surface area (TPSA) is 17.1 Å². The minimum absolute atomic E-state index is 0.0862. The molecule has 0 unspecified atom stereocenters. The summed E-state index contributed by atoms with van der Waals surface area (Å²) in [6, 6.07) is 15.8. The van der Waals surface area contributed by atoms with E-state index in [4.69, 9.17) is 0 Å². The van der Waals surface area contributed by atoms with Crippen LogP contribution < -0.4 is 0 Å². The van der Waals surface area contributed by atoms with Crippen LogP contribution in [0.4, 0.5) is 0 Å². The van der Waals surface area contributed by atoms with Gasteiger partial charge in [-0.3, -0.25) is 4.79 Å². The summed E-state index contributed by atoms with van der Waals surface area (Å²) in [5.41, 5.74) is 5.13. The largest absolute Gasteiger partial charge is 0.295 e. The van der Waals surface area contributed by atoms with Gasteiger partial charge in [0, 0.05) is 5.56 Å². The molecule has 0 aliphatic carbocycles. The maximum atomic E-state index is 11.2. The summed E-state index contributed by atoms with van der Waals surface area (Å²) < 4.78 is 0. The number of Topliss-reactive ketones (excluding diaryl/α,β-unsaturated/α-hetero) is 1. The average molecular weight is 296 g/mol. The molecule has 0 bridgehead atoms. The van der Waals surface area contributed by atoms with Crippen molar-refractivity contribution < 1.29 is 4.79 Å². The van der Waals surface area contributed by atoms with Crippen LogP contribution in [0, 0.1) is 6.92 Å². The lowest BCUT2D eigenvalue weighted by molar-refractivity contribution is 0.101. The Kier molecular flexibility index (Phi) is 9.53. The van der Waals surface area contributed by atoms with Gasteiger partial charge in [-0.15, -0.1) is 0 Å². The van der Waals surface area contributed by atoms with Crippen molar-refractivity contribution >= 4 is 11.4 Å². The summed E-state index contributed by atoms with van der Waals surface area (Å²) in [5, 5.41) is 0. The zero-order chi connectivity index (χ0) is 17.1. The number of rotatable bonds is 3. The number of hydrogen-bond acceptors (Lipinski definition) is 1. The van der Waals surface area contributed by atoms with E-state index in [1.54, 1.807) is 6.92 Å². The Hall–Kier alpha value is -2.15. The van der Waals surface area contributed by atoms with E-state index in [1.165, 1.54) is 5.56 Å². The molecule has 0 heterocycles. The second kappa shape index (κ2) is 10.6. The average Bonchev–Trinajstić information content (AvgIpc) is 2.58. The standard InChI is InChI=1S/C17H16O.2C2H6/c1-12-6-4-5-7-17(12)13(2)15-8-10-16(11-9-15)14(3)18;2*1-2/h4-11H,2H2,1,3H3;2*1-2H3. The zero-order valence-corrected chi connectivity index (χ0v) is 14.7. The Bertz CT molecular complexity index is 592. The molecule has 0 aliphatic heterocycles. The van der Waals surface area contributed by atoms with E-state index < -0.39 is 0 Å². The second-order valence-corrected chi connectivity index (χ2v) is 4.43. The molecule has 118 valence electrons. The fourth-order valence-electron chi connectivity index (χ4n) is 1.97. The Balaban J connectivity index is 0.00000102. The molecule has 0 fully saturated rings. The van der Waals surface area contributed by atoms with Gasteiger partial charge in [0.1, 0.15) is 0 Å². The van der Waals surface area contributed by atoms with Gasteiger partial charge in [0.15, 0.2) is 5.78 Å². The summed E-state index contributed by atoms with van der Waals surface area (Å²) in [4.78, 5) is 11.2. The Morgan fingerprint density at radius 3 is 1.73 bits per heavy atom. The summed E-state index contributed by atoms with van der Waals surface area (Å²) in [7, 11) is 0. The molecule has 1 nitrogen and oxygen atoms in total. The molecular formula is C21H28O. The first kappa shape index (κ1) is 19.9. The molecule has 2 rings (SSSR count). The molecule has 2 aromatic rings. The summed E-state index contributed by atoms with van der Waals surface area (Å²) in [5.74, 6) is 0.0862. The summed E-state index contributed by atoms with van der Waals surface area (Å²) >= 11 is 0. The van der Waals surface area contributed by atoms with Crippen LogP contribution >= 0.6 is 0 Å². The third kappa shape index (κ3) is 5.33. The third-order valence-corrected chi connectivity index (χ3v) is 3.11. The first-order chi connectivity index (χ1) is 10.6. The van der Waals surface area contributed by atoms with Gasteiger partial charge in [-0.2, -0.15) is 0 Å². The van der Waals surface area contributed by atoms with E-state index in [9.17, 15) is 4.79 Å². The molecule has 0 saturated heterocycles. The van der Waals surface area contributed by atoms with Crippen molar-refractivity contribution in [3.05, 3.63) is 77.4 Å². The Labute approximate surface area is 135 Å². The van der Waals surface area contributed by atoms with Crippen molar-refractivity contribution in [2.45, 2.75) is 41.5 Å². The van der Waals surface area contributed by atoms with E-state index in [1.807, 2.05) is 64.1 Å². The second-order valence-electron chi connectivity index (χ2n) is 4.43. The van der Waals surface area contributed by atoms with Crippen LogP contribution in [0.3, 0.4) is 0 Å². The van der Waals surface area contributed by atoms with Gasteiger partial charge in [0.2, 0.25) is 0 Å². The smallest absolute Gasteiger partial charge is 0.159 e. The van der Waals surface area contributed by atoms with Crippen LogP contribution in [0.25, 0.3) is 5.57 Å². The van der Waals surface area contributed by atoms with E-state index in [0.717, 1.165) is 22.3 Å². The van der Waals surface area contributed by atoms with Gasteiger partial charge in [-0.05, 0) is 36.1 Å². The van der Waals surface area contributed by atoms with Crippen LogP contribution in [0.5, 0.6) is 0 Å². The fourth-order valence-corrected chi connectivity index (χ4v) is 1.97. The number of ketones is 1. The molecule has 2 aromatic carbocycles. The highest BCUT2D eigenvalue weighted by Gasteiger charge is 2.05. The van der Waals surface area contributed by atoms with Crippen LogP contribution in [0.2, 0.25) is 0 Å². The van der Waals surface area contributed by atoms with E-state index in [-0.39, 0.29) is 5.78 Å². The van der Waals surface area contributed by atoms with Crippen LogP contribution in [-0.4, -0.2) is 5.78 Å². The normalized spacial score (nSPS) is 8.82. The molecule has 0 amide bonds. The molecule has 0 radical (unpaired) electrons. The predicted molar refractivity (Wildman–Crippen MR) is 98.5 cm³/mol. The van der Waals surface area contributed by atoms with E-state index in [0.29, 0.717) is 0 Å². The molecule has 0 saturated carbocycles. The summed E-state index contributed by atoms with van der Waals surface area (Å²) in [6.45, 7) is 15.8. The fraction of sp³-hybridized carbons (Fsp3) is 0.286. The van der Waals surface area contributed by atoms with Crippen LogP contribution in [0.15, 0.2) is 55.1 Å². The Morgan fingerprint density at radius 1 is 0.818 bits per heavy atom. The SMILES string of the molecule is C=C(c1ccc(C(C)=O)cc1)c1ccccc1C.CC.CC. The zero-order valence-electron chi connectivity index (χ0n) is 14.7. The third-order valence-electron chi connectivity index (χ3n) is 3.11. The molecule has 0 spiro atoms. The quantitative estimate of drug-likeness (QED) is 0.606. The van der Waals surface area contributed by atoms with Crippen molar-refractivity contribution in [3.8, 4) is 0 Å².